The molecule has 1 aromatic carbocycles. The van der Waals surface area contributed by atoms with E-state index in [0.717, 1.165) is 11.1 Å². The monoisotopic (exact) mass is 270 g/mol. The summed E-state index contributed by atoms with van der Waals surface area (Å²) in [5.74, 6) is 0.324. The molecule has 1 rings (SSSR count). The molecule has 0 saturated heterocycles. The zero-order valence-electron chi connectivity index (χ0n) is 11.9. The number of hydrogen-bond donors (Lipinski definition) is 0. The van der Waals surface area contributed by atoms with Gasteiger partial charge in [0.25, 0.3) is 0 Å². The van der Waals surface area contributed by atoms with Crippen LogP contribution in [0.25, 0.3) is 0 Å². The van der Waals surface area contributed by atoms with Crippen molar-refractivity contribution in [3.8, 4) is 0 Å². The maximum Gasteiger partial charge on any atom is 0.361 e. The summed E-state index contributed by atoms with van der Waals surface area (Å²) in [5.41, 5.74) is 2.10. The largest absolute Gasteiger partial charge is 0.361 e. The van der Waals surface area contributed by atoms with Crippen LogP contribution in [-0.4, -0.2) is 13.2 Å². The van der Waals surface area contributed by atoms with Gasteiger partial charge in [-0.25, -0.2) is 0 Å². The average Bonchev–Trinajstić information content (AvgIpc) is 2.26. The zero-order chi connectivity index (χ0) is 13.8. The Morgan fingerprint density at radius 3 is 2.39 bits per heavy atom. The molecule has 1 aromatic rings. The molecule has 1 unspecified atom stereocenters. The zero-order valence-corrected chi connectivity index (χ0v) is 12.8. The molecule has 0 aromatic heterocycles. The molecule has 0 aliphatic heterocycles. The van der Waals surface area contributed by atoms with E-state index in [0.29, 0.717) is 24.4 Å². The number of rotatable bonds is 6. The fourth-order valence-corrected chi connectivity index (χ4v) is 3.65. The summed E-state index contributed by atoms with van der Waals surface area (Å²) in [6, 6.07) is 5.79. The molecule has 0 radical (unpaired) electrons. The summed E-state index contributed by atoms with van der Waals surface area (Å²) in [6.07, 6.45) is 0. The lowest BCUT2D eigenvalue weighted by molar-refractivity contribution is 0.201. The summed E-state index contributed by atoms with van der Waals surface area (Å²) in [6.45, 7) is 10.6. The van der Waals surface area contributed by atoms with Gasteiger partial charge in [-0.3, -0.25) is 4.57 Å². The smallest absolute Gasteiger partial charge is 0.305 e. The van der Waals surface area contributed by atoms with E-state index >= 15 is 0 Å². The molecule has 4 heteroatoms. The number of hydrogen-bond acceptors (Lipinski definition) is 3. The Hall–Kier alpha value is -0.630. The van der Waals surface area contributed by atoms with Crippen molar-refractivity contribution in [2.45, 2.75) is 34.6 Å². The summed E-state index contributed by atoms with van der Waals surface area (Å²) in [5, 5.41) is 0.676. The molecule has 0 amide bonds. The Labute approximate surface area is 110 Å². The second kappa shape index (κ2) is 6.51. The molecule has 102 valence electrons. The van der Waals surface area contributed by atoms with Crippen molar-refractivity contribution in [2.24, 2.45) is 5.92 Å². The fourth-order valence-electron chi connectivity index (χ4n) is 1.71. The lowest BCUT2D eigenvalue weighted by atomic mass is 10.2. The molecule has 0 aliphatic carbocycles. The highest BCUT2D eigenvalue weighted by Crippen LogP contribution is 2.48. The van der Waals surface area contributed by atoms with Gasteiger partial charge in [-0.2, -0.15) is 0 Å². The summed E-state index contributed by atoms with van der Waals surface area (Å²) >= 11 is 0. The van der Waals surface area contributed by atoms with Crippen LogP contribution in [0, 0.1) is 19.8 Å². The van der Waals surface area contributed by atoms with Crippen LogP contribution in [0.5, 0.6) is 0 Å². The van der Waals surface area contributed by atoms with Gasteiger partial charge in [0.15, 0.2) is 0 Å². The minimum absolute atomic E-state index is 0.324. The first kappa shape index (κ1) is 15.4. The first-order valence-corrected chi connectivity index (χ1v) is 7.90. The molecule has 0 heterocycles. The first-order chi connectivity index (χ1) is 8.39. The topological polar surface area (TPSA) is 35.5 Å². The third-order valence-electron chi connectivity index (χ3n) is 2.52. The van der Waals surface area contributed by atoms with Crippen molar-refractivity contribution in [2.75, 3.05) is 13.2 Å². The van der Waals surface area contributed by atoms with Crippen LogP contribution >= 0.6 is 7.60 Å². The van der Waals surface area contributed by atoms with Crippen molar-refractivity contribution < 1.29 is 13.6 Å². The first-order valence-electron chi connectivity index (χ1n) is 6.36. The summed E-state index contributed by atoms with van der Waals surface area (Å²) in [4.78, 5) is 0. The molecular formula is C14H23O3P. The van der Waals surface area contributed by atoms with Crippen LogP contribution < -0.4 is 5.30 Å². The fraction of sp³-hybridized carbons (Fsp3) is 0.571. The second-order valence-electron chi connectivity index (χ2n) is 4.89. The van der Waals surface area contributed by atoms with Gasteiger partial charge in [-0.05, 0) is 38.3 Å². The van der Waals surface area contributed by atoms with Crippen molar-refractivity contribution in [1.82, 2.24) is 0 Å². The maximum absolute atomic E-state index is 12.8. The van der Waals surface area contributed by atoms with E-state index in [1.54, 1.807) is 0 Å². The minimum Gasteiger partial charge on any atom is -0.305 e. The Morgan fingerprint density at radius 1 is 1.22 bits per heavy atom. The standard InChI is InChI=1S/C14H23O3P/c1-6-16-18(15,17-10-11(2)3)14-8-7-12(4)9-13(14)5/h7-9,11H,6,10H2,1-5H3. The SMILES string of the molecule is CCOP(=O)(OCC(C)C)c1ccc(C)cc1C. The van der Waals surface area contributed by atoms with Gasteiger partial charge in [-0.1, -0.05) is 31.5 Å². The van der Waals surface area contributed by atoms with E-state index in [1.807, 2.05) is 52.8 Å². The molecule has 0 N–H and O–H groups in total. The van der Waals surface area contributed by atoms with Crippen LogP contribution in [0.3, 0.4) is 0 Å². The molecule has 3 nitrogen and oxygen atoms in total. The van der Waals surface area contributed by atoms with E-state index in [2.05, 4.69) is 0 Å². The second-order valence-corrected chi connectivity index (χ2v) is 6.89. The Bertz CT molecular complexity index is 441. The maximum atomic E-state index is 12.8. The van der Waals surface area contributed by atoms with E-state index < -0.39 is 7.60 Å². The van der Waals surface area contributed by atoms with Gasteiger partial charge < -0.3 is 9.05 Å². The Kier molecular flexibility index (Phi) is 5.58. The van der Waals surface area contributed by atoms with E-state index in [-0.39, 0.29) is 0 Å². The predicted octanol–water partition coefficient (Wildman–Crippen LogP) is 3.83. The normalized spacial score (nSPS) is 14.8. The van der Waals surface area contributed by atoms with E-state index in [9.17, 15) is 4.57 Å². The van der Waals surface area contributed by atoms with Gasteiger partial charge in [-0.15, -0.1) is 0 Å². The minimum atomic E-state index is -3.18. The molecule has 0 aliphatic rings. The highest BCUT2D eigenvalue weighted by atomic mass is 31.2. The van der Waals surface area contributed by atoms with Gasteiger partial charge >= 0.3 is 7.60 Å². The Morgan fingerprint density at radius 2 is 1.89 bits per heavy atom. The average molecular weight is 270 g/mol. The molecule has 0 saturated carbocycles. The summed E-state index contributed by atoms with van der Waals surface area (Å²) < 4.78 is 23.8. The third-order valence-corrected chi connectivity index (χ3v) is 4.70. The molecule has 0 bridgehead atoms. The van der Waals surface area contributed by atoms with Gasteiger partial charge in [0.05, 0.1) is 18.5 Å². The third kappa shape index (κ3) is 3.94. The van der Waals surface area contributed by atoms with Crippen molar-refractivity contribution >= 4 is 12.9 Å². The number of aryl methyl sites for hydroxylation is 2. The number of benzene rings is 1. The quantitative estimate of drug-likeness (QED) is 0.737. The lowest BCUT2D eigenvalue weighted by Gasteiger charge is -2.21. The van der Waals surface area contributed by atoms with Crippen LogP contribution in [0.15, 0.2) is 18.2 Å². The summed E-state index contributed by atoms with van der Waals surface area (Å²) in [7, 11) is -3.18. The molecule has 0 spiro atoms. The van der Waals surface area contributed by atoms with Crippen LogP contribution in [-0.2, 0) is 13.6 Å². The highest BCUT2D eigenvalue weighted by Gasteiger charge is 2.29. The van der Waals surface area contributed by atoms with Crippen LogP contribution in [0.2, 0.25) is 0 Å². The van der Waals surface area contributed by atoms with Gasteiger partial charge in [0, 0.05) is 0 Å². The van der Waals surface area contributed by atoms with E-state index in [4.69, 9.17) is 9.05 Å². The van der Waals surface area contributed by atoms with Crippen molar-refractivity contribution in [3.05, 3.63) is 29.3 Å². The molecule has 1 atom stereocenters. The molecular weight excluding hydrogens is 247 g/mol. The van der Waals surface area contributed by atoms with Gasteiger partial charge in [0.1, 0.15) is 0 Å². The Balaban J connectivity index is 3.06. The van der Waals surface area contributed by atoms with Crippen molar-refractivity contribution in [3.63, 3.8) is 0 Å². The van der Waals surface area contributed by atoms with Crippen LogP contribution in [0.4, 0.5) is 0 Å². The highest BCUT2D eigenvalue weighted by molar-refractivity contribution is 7.62. The van der Waals surface area contributed by atoms with Crippen molar-refractivity contribution in [1.29, 1.82) is 0 Å². The van der Waals surface area contributed by atoms with E-state index in [1.165, 1.54) is 0 Å². The lowest BCUT2D eigenvalue weighted by Crippen LogP contribution is -2.15. The predicted molar refractivity (Wildman–Crippen MR) is 75.6 cm³/mol. The van der Waals surface area contributed by atoms with Gasteiger partial charge in [0.2, 0.25) is 0 Å². The molecule has 18 heavy (non-hydrogen) atoms. The molecule has 0 fully saturated rings. The van der Waals surface area contributed by atoms with Crippen LogP contribution in [0.1, 0.15) is 31.9 Å².